The van der Waals surface area contributed by atoms with Gasteiger partial charge >= 0.3 is 5.97 Å². The molecule has 0 saturated carbocycles. The number of halogens is 3. The van der Waals surface area contributed by atoms with Gasteiger partial charge in [0.15, 0.2) is 4.80 Å². The van der Waals surface area contributed by atoms with Crippen LogP contribution in [0.5, 0.6) is 11.5 Å². The number of carbonyl (C=O) groups is 1. The number of rotatable bonds is 9. The van der Waals surface area contributed by atoms with Crippen LogP contribution >= 0.6 is 56.5 Å². The van der Waals surface area contributed by atoms with Crippen molar-refractivity contribution in [2.24, 2.45) is 4.99 Å². The molecule has 5 rings (SSSR count). The number of nitrogens with zero attached hydrogens (tertiary/aromatic N) is 2. The van der Waals surface area contributed by atoms with Crippen molar-refractivity contribution in [3.05, 3.63) is 121 Å². The van der Waals surface area contributed by atoms with Crippen molar-refractivity contribution in [2.45, 2.75) is 33.4 Å². The summed E-state index contributed by atoms with van der Waals surface area (Å²) >= 11 is 5.63. The summed E-state index contributed by atoms with van der Waals surface area (Å²) in [5, 5.41) is 0. The lowest BCUT2D eigenvalue weighted by molar-refractivity contribution is -0.139. The molecule has 0 radical (unpaired) electrons. The molecule has 1 aromatic heterocycles. The number of ether oxygens (including phenoxy) is 3. The lowest BCUT2D eigenvalue weighted by Gasteiger charge is -2.24. The van der Waals surface area contributed by atoms with Crippen molar-refractivity contribution in [1.82, 2.24) is 4.57 Å². The molecule has 7 nitrogen and oxygen atoms in total. The molecule has 0 N–H and O–H groups in total. The van der Waals surface area contributed by atoms with Crippen molar-refractivity contribution >= 4 is 68.6 Å². The molecule has 0 aliphatic carbocycles. The van der Waals surface area contributed by atoms with Gasteiger partial charge in [0.1, 0.15) is 23.9 Å². The largest absolute Gasteiger partial charge is 0.494 e. The topological polar surface area (TPSA) is 79.1 Å². The highest BCUT2D eigenvalue weighted by Gasteiger charge is 2.33. The summed E-state index contributed by atoms with van der Waals surface area (Å²) in [6.45, 7) is 6.14. The van der Waals surface area contributed by atoms with Crippen molar-refractivity contribution in [3.8, 4) is 11.5 Å². The highest BCUT2D eigenvalue weighted by atomic mass is 127. The molecule has 11 heteroatoms. The van der Waals surface area contributed by atoms with Gasteiger partial charge in [0.05, 0.1) is 38.6 Å². The number of fused-ring (bicyclic) bond motifs is 1. The third-order valence-electron chi connectivity index (χ3n) is 6.68. The van der Waals surface area contributed by atoms with Crippen molar-refractivity contribution < 1.29 is 23.4 Å². The van der Waals surface area contributed by atoms with Gasteiger partial charge < -0.3 is 14.2 Å². The Morgan fingerprint density at radius 1 is 1.07 bits per heavy atom. The molecule has 2 heterocycles. The van der Waals surface area contributed by atoms with Crippen LogP contribution in [0.3, 0.4) is 0 Å². The van der Waals surface area contributed by atoms with Gasteiger partial charge in [-0.1, -0.05) is 41.7 Å². The average molecular weight is 824 g/mol. The predicted octanol–water partition coefficient (Wildman–Crippen LogP) is 6.12. The molecule has 0 amide bonds. The van der Waals surface area contributed by atoms with Crippen molar-refractivity contribution in [2.75, 3.05) is 13.2 Å². The SMILES string of the molecule is CCOC(=O)C1=C(C)N=c2s/c(=C\c3cc(I)cc(I)c3OCc3ccccc3F)c(=O)n2[C@@H]1c1ccc(OCC)cc1. The fourth-order valence-corrected chi connectivity index (χ4v) is 7.85. The van der Waals surface area contributed by atoms with Gasteiger partial charge in [0.2, 0.25) is 0 Å². The number of esters is 1. The molecule has 222 valence electrons. The van der Waals surface area contributed by atoms with Crippen molar-refractivity contribution in [3.63, 3.8) is 0 Å². The fraction of sp³-hybridized carbons (Fsp3) is 0.219. The summed E-state index contributed by atoms with van der Waals surface area (Å²) in [4.78, 5) is 32.4. The lowest BCUT2D eigenvalue weighted by atomic mass is 9.96. The van der Waals surface area contributed by atoms with E-state index in [0.29, 0.717) is 49.8 Å². The van der Waals surface area contributed by atoms with Gasteiger partial charge in [0, 0.05) is 14.7 Å². The average Bonchev–Trinajstić information content (AvgIpc) is 3.27. The van der Waals surface area contributed by atoms with E-state index in [0.717, 1.165) is 12.7 Å². The summed E-state index contributed by atoms with van der Waals surface area (Å²) in [6, 6.07) is 16.9. The lowest BCUT2D eigenvalue weighted by Crippen LogP contribution is -2.39. The molecule has 1 atom stereocenters. The number of thiazole rings is 1. The second-order valence-electron chi connectivity index (χ2n) is 9.49. The van der Waals surface area contributed by atoms with Crippen LogP contribution in [0, 0.1) is 13.0 Å². The Kier molecular flexibility index (Phi) is 10.0. The Morgan fingerprint density at radius 3 is 2.51 bits per heavy atom. The first-order chi connectivity index (χ1) is 20.7. The number of benzene rings is 3. The fourth-order valence-electron chi connectivity index (χ4n) is 4.77. The number of hydrogen-bond acceptors (Lipinski definition) is 7. The molecule has 43 heavy (non-hydrogen) atoms. The van der Waals surface area contributed by atoms with Crippen molar-refractivity contribution in [1.29, 1.82) is 0 Å². The minimum absolute atomic E-state index is 0.0329. The van der Waals surface area contributed by atoms with E-state index in [1.54, 1.807) is 42.7 Å². The first kappa shape index (κ1) is 31.4. The third kappa shape index (κ3) is 6.73. The van der Waals surface area contributed by atoms with Crippen LogP contribution in [0.4, 0.5) is 4.39 Å². The van der Waals surface area contributed by atoms with Gasteiger partial charge in [-0.05, 0) is 108 Å². The molecular weight excluding hydrogens is 797 g/mol. The molecule has 4 aromatic rings. The minimum Gasteiger partial charge on any atom is -0.494 e. The Balaban J connectivity index is 1.64. The van der Waals surface area contributed by atoms with Gasteiger partial charge in [-0.3, -0.25) is 9.36 Å². The maximum atomic E-state index is 14.3. The second-order valence-corrected chi connectivity index (χ2v) is 12.9. The number of hydrogen-bond donors (Lipinski definition) is 0. The van der Waals surface area contributed by atoms with Gasteiger partial charge in [-0.25, -0.2) is 14.2 Å². The maximum absolute atomic E-state index is 14.3. The summed E-state index contributed by atoms with van der Waals surface area (Å²) in [6.07, 6.45) is 1.77. The zero-order chi connectivity index (χ0) is 30.7. The van der Waals surface area contributed by atoms with E-state index in [9.17, 15) is 14.0 Å². The number of aromatic nitrogens is 1. The van der Waals surface area contributed by atoms with Gasteiger partial charge in [0.25, 0.3) is 5.56 Å². The van der Waals surface area contributed by atoms with Crippen LogP contribution in [0.15, 0.2) is 81.7 Å². The van der Waals surface area contributed by atoms with Gasteiger partial charge in [-0.15, -0.1) is 0 Å². The van der Waals surface area contributed by atoms with E-state index >= 15 is 0 Å². The zero-order valence-corrected chi connectivity index (χ0v) is 28.7. The van der Waals surface area contributed by atoms with E-state index < -0.39 is 12.0 Å². The molecule has 3 aromatic carbocycles. The molecule has 0 fully saturated rings. The first-order valence-corrected chi connectivity index (χ1v) is 16.5. The summed E-state index contributed by atoms with van der Waals surface area (Å²) in [5.41, 5.74) is 2.33. The number of allylic oxidation sites excluding steroid dienone is 1. The maximum Gasteiger partial charge on any atom is 0.338 e. The normalized spacial score (nSPS) is 14.7. The zero-order valence-electron chi connectivity index (χ0n) is 23.5. The molecule has 0 saturated heterocycles. The smallest absolute Gasteiger partial charge is 0.338 e. The Labute approximate surface area is 279 Å². The summed E-state index contributed by atoms with van der Waals surface area (Å²) in [7, 11) is 0. The van der Waals surface area contributed by atoms with Crippen LogP contribution < -0.4 is 24.4 Å². The minimum atomic E-state index is -0.735. The van der Waals surface area contributed by atoms with Crippen LogP contribution in [-0.2, 0) is 16.1 Å². The van der Waals surface area contributed by atoms with E-state index in [4.69, 9.17) is 14.2 Å². The standard InChI is InChI=1S/C32H27FI2N2O5S/c1-4-40-23-12-10-19(11-13-23)28-27(31(39)41-5-2)18(3)36-32-37(28)30(38)26(43-32)15-21-14-22(34)16-25(35)29(21)42-17-20-8-6-7-9-24(20)33/h6-16,28H,4-5,17H2,1-3H3/b26-15-/t28-/m1/s1. The van der Waals surface area contributed by atoms with Crippen LogP contribution in [0.2, 0.25) is 0 Å². The van der Waals surface area contributed by atoms with Gasteiger partial charge in [-0.2, -0.15) is 0 Å². The van der Waals surface area contributed by atoms with E-state index in [2.05, 4.69) is 50.2 Å². The number of carbonyl (C=O) groups excluding carboxylic acids is 1. The Hall–Kier alpha value is -3.04. The second kappa shape index (κ2) is 13.7. The van der Waals surface area contributed by atoms with E-state index in [1.807, 2.05) is 43.3 Å². The summed E-state index contributed by atoms with van der Waals surface area (Å²) in [5.74, 6) is 0.364. The molecule has 0 unspecified atom stereocenters. The Morgan fingerprint density at radius 2 is 1.81 bits per heavy atom. The highest BCUT2D eigenvalue weighted by molar-refractivity contribution is 14.1. The van der Waals surface area contributed by atoms with Crippen LogP contribution in [0.25, 0.3) is 6.08 Å². The predicted molar refractivity (Wildman–Crippen MR) is 181 cm³/mol. The first-order valence-electron chi connectivity index (χ1n) is 13.5. The highest BCUT2D eigenvalue weighted by Crippen LogP contribution is 2.33. The van der Waals surface area contributed by atoms with E-state index in [-0.39, 0.29) is 24.6 Å². The molecule has 0 bridgehead atoms. The quantitative estimate of drug-likeness (QED) is 0.150. The molecular formula is C32H27FI2N2O5S. The monoisotopic (exact) mass is 824 g/mol. The molecule has 1 aliphatic heterocycles. The van der Waals surface area contributed by atoms with Crippen LogP contribution in [0.1, 0.15) is 43.5 Å². The molecule has 0 spiro atoms. The van der Waals surface area contributed by atoms with Crippen LogP contribution in [-0.4, -0.2) is 23.8 Å². The molecule has 1 aliphatic rings. The Bertz CT molecular complexity index is 1900. The third-order valence-corrected chi connectivity index (χ3v) is 9.08. The summed E-state index contributed by atoms with van der Waals surface area (Å²) < 4.78 is 35.2. The van der Waals surface area contributed by atoms with E-state index in [1.165, 1.54) is 17.4 Å².